The molecule has 132 valence electrons. The molecule has 6 heteroatoms. The molecule has 0 spiro atoms. The Morgan fingerprint density at radius 2 is 1.92 bits per heavy atom. The normalized spacial score (nSPS) is 11.2. The van der Waals surface area contributed by atoms with Gasteiger partial charge in [-0.1, -0.05) is 47.7 Å². The number of benzene rings is 2. The molecule has 0 unspecified atom stereocenters. The molecule has 1 heterocycles. The first-order valence-electron chi connectivity index (χ1n) is 8.08. The van der Waals surface area contributed by atoms with Crippen LogP contribution >= 0.6 is 0 Å². The van der Waals surface area contributed by atoms with Gasteiger partial charge in [0.05, 0.1) is 32.5 Å². The van der Waals surface area contributed by atoms with Gasteiger partial charge in [-0.05, 0) is 23.8 Å². The van der Waals surface area contributed by atoms with Gasteiger partial charge in [0.2, 0.25) is 0 Å². The summed E-state index contributed by atoms with van der Waals surface area (Å²) in [5.41, 5.74) is 3.02. The second-order valence-electron chi connectivity index (χ2n) is 5.61. The SMILES string of the molecule is COC(=O)/C(=C/c1cccc(OC)c1)Cn1cc(-c2ccccc2)nn1. The smallest absolute Gasteiger partial charge is 0.335 e. The molecule has 0 atom stereocenters. The predicted molar refractivity (Wildman–Crippen MR) is 98.4 cm³/mol. The monoisotopic (exact) mass is 349 g/mol. The average Bonchev–Trinajstić information content (AvgIpc) is 3.16. The average molecular weight is 349 g/mol. The van der Waals surface area contributed by atoms with Crippen molar-refractivity contribution in [1.29, 1.82) is 0 Å². The van der Waals surface area contributed by atoms with Crippen LogP contribution in [0.3, 0.4) is 0 Å². The van der Waals surface area contributed by atoms with Crippen LogP contribution in [0.1, 0.15) is 5.56 Å². The van der Waals surface area contributed by atoms with E-state index in [0.29, 0.717) is 5.57 Å². The maximum Gasteiger partial charge on any atom is 0.335 e. The van der Waals surface area contributed by atoms with Crippen molar-refractivity contribution in [2.75, 3.05) is 14.2 Å². The van der Waals surface area contributed by atoms with Crippen molar-refractivity contribution in [2.45, 2.75) is 6.54 Å². The van der Waals surface area contributed by atoms with Crippen LogP contribution in [0.5, 0.6) is 5.75 Å². The largest absolute Gasteiger partial charge is 0.497 e. The third kappa shape index (κ3) is 4.16. The lowest BCUT2D eigenvalue weighted by Crippen LogP contribution is -2.12. The van der Waals surface area contributed by atoms with Gasteiger partial charge in [-0.15, -0.1) is 5.10 Å². The lowest BCUT2D eigenvalue weighted by molar-refractivity contribution is -0.136. The zero-order valence-corrected chi connectivity index (χ0v) is 14.6. The molecule has 0 radical (unpaired) electrons. The van der Waals surface area contributed by atoms with Gasteiger partial charge < -0.3 is 9.47 Å². The van der Waals surface area contributed by atoms with E-state index in [4.69, 9.17) is 9.47 Å². The van der Waals surface area contributed by atoms with Crippen molar-refractivity contribution < 1.29 is 14.3 Å². The van der Waals surface area contributed by atoms with Gasteiger partial charge in [-0.3, -0.25) is 0 Å². The Labute approximate surface area is 151 Å². The minimum absolute atomic E-state index is 0.254. The summed E-state index contributed by atoms with van der Waals surface area (Å²) in [6.45, 7) is 0.254. The summed E-state index contributed by atoms with van der Waals surface area (Å²) in [6.07, 6.45) is 3.57. The Morgan fingerprint density at radius 3 is 2.65 bits per heavy atom. The Hall–Kier alpha value is -3.41. The summed E-state index contributed by atoms with van der Waals surface area (Å²) in [7, 11) is 2.96. The van der Waals surface area contributed by atoms with Crippen LogP contribution in [0, 0.1) is 0 Å². The highest BCUT2D eigenvalue weighted by Crippen LogP contribution is 2.18. The minimum atomic E-state index is -0.412. The van der Waals surface area contributed by atoms with Crippen molar-refractivity contribution in [2.24, 2.45) is 0 Å². The molecule has 6 nitrogen and oxygen atoms in total. The van der Waals surface area contributed by atoms with Gasteiger partial charge in [0.15, 0.2) is 0 Å². The Bertz CT molecular complexity index is 917. The van der Waals surface area contributed by atoms with Gasteiger partial charge in [-0.2, -0.15) is 0 Å². The molecular formula is C20H19N3O3. The van der Waals surface area contributed by atoms with E-state index in [-0.39, 0.29) is 6.54 Å². The number of methoxy groups -OCH3 is 2. The van der Waals surface area contributed by atoms with Crippen LogP contribution in [-0.2, 0) is 16.1 Å². The van der Waals surface area contributed by atoms with E-state index in [2.05, 4.69) is 10.3 Å². The number of carbonyl (C=O) groups excluding carboxylic acids is 1. The quantitative estimate of drug-likeness (QED) is 0.505. The number of rotatable bonds is 6. The summed E-state index contributed by atoms with van der Waals surface area (Å²) in [5, 5.41) is 8.29. The molecule has 2 aromatic carbocycles. The zero-order valence-electron chi connectivity index (χ0n) is 14.6. The van der Waals surface area contributed by atoms with Crippen molar-refractivity contribution >= 4 is 12.0 Å². The van der Waals surface area contributed by atoms with Crippen LogP contribution in [0.4, 0.5) is 0 Å². The van der Waals surface area contributed by atoms with Gasteiger partial charge >= 0.3 is 5.97 Å². The highest BCUT2D eigenvalue weighted by molar-refractivity contribution is 5.93. The summed E-state index contributed by atoms with van der Waals surface area (Å²) in [5.74, 6) is 0.305. The maximum absolute atomic E-state index is 12.2. The van der Waals surface area contributed by atoms with Crippen LogP contribution in [0.2, 0.25) is 0 Å². The zero-order chi connectivity index (χ0) is 18.4. The number of hydrogen-bond acceptors (Lipinski definition) is 5. The van der Waals surface area contributed by atoms with Crippen molar-refractivity contribution in [3.63, 3.8) is 0 Å². The minimum Gasteiger partial charge on any atom is -0.497 e. The molecule has 0 fully saturated rings. The molecule has 0 aliphatic carbocycles. The lowest BCUT2D eigenvalue weighted by Gasteiger charge is -2.06. The molecule has 0 saturated carbocycles. The van der Waals surface area contributed by atoms with E-state index < -0.39 is 5.97 Å². The van der Waals surface area contributed by atoms with E-state index >= 15 is 0 Å². The first-order chi connectivity index (χ1) is 12.7. The molecule has 0 bridgehead atoms. The van der Waals surface area contributed by atoms with Crippen LogP contribution in [0.15, 0.2) is 66.4 Å². The third-order valence-corrected chi connectivity index (χ3v) is 3.82. The summed E-state index contributed by atoms with van der Waals surface area (Å²) in [6, 6.07) is 17.2. The second-order valence-corrected chi connectivity index (χ2v) is 5.61. The first kappa shape index (κ1) is 17.4. The first-order valence-corrected chi connectivity index (χ1v) is 8.08. The Morgan fingerprint density at radius 1 is 1.12 bits per heavy atom. The number of esters is 1. The van der Waals surface area contributed by atoms with E-state index in [1.54, 1.807) is 24.1 Å². The van der Waals surface area contributed by atoms with E-state index in [1.807, 2.05) is 54.6 Å². The number of ether oxygens (including phenoxy) is 2. The summed E-state index contributed by atoms with van der Waals surface area (Å²) in [4.78, 5) is 12.2. The fraction of sp³-hybridized carbons (Fsp3) is 0.150. The summed E-state index contributed by atoms with van der Waals surface area (Å²) < 4.78 is 11.7. The van der Waals surface area contributed by atoms with Crippen molar-refractivity contribution in [3.8, 4) is 17.0 Å². The van der Waals surface area contributed by atoms with E-state index in [9.17, 15) is 4.79 Å². The standard InChI is InChI=1S/C20H19N3O3/c1-25-18-10-6-7-15(12-18)11-17(20(24)26-2)13-23-14-19(21-22-23)16-8-4-3-5-9-16/h3-12,14H,13H2,1-2H3/b17-11+. The molecule has 26 heavy (non-hydrogen) atoms. The van der Waals surface area contributed by atoms with Gasteiger partial charge in [0.1, 0.15) is 11.4 Å². The number of hydrogen-bond donors (Lipinski definition) is 0. The van der Waals surface area contributed by atoms with Crippen LogP contribution < -0.4 is 4.74 Å². The molecule has 0 N–H and O–H groups in total. The summed E-state index contributed by atoms with van der Waals surface area (Å²) >= 11 is 0. The number of nitrogens with zero attached hydrogens (tertiary/aromatic N) is 3. The van der Waals surface area contributed by atoms with Gasteiger partial charge in [0.25, 0.3) is 0 Å². The fourth-order valence-corrected chi connectivity index (χ4v) is 2.52. The molecule has 3 aromatic rings. The topological polar surface area (TPSA) is 66.2 Å². The van der Waals surface area contributed by atoms with Crippen molar-refractivity contribution in [3.05, 3.63) is 71.9 Å². The van der Waals surface area contributed by atoms with Gasteiger partial charge in [0, 0.05) is 5.56 Å². The second kappa shape index (κ2) is 8.11. The van der Waals surface area contributed by atoms with Crippen LogP contribution in [0.25, 0.3) is 17.3 Å². The molecule has 0 saturated heterocycles. The maximum atomic E-state index is 12.2. The fourth-order valence-electron chi connectivity index (χ4n) is 2.52. The molecule has 3 rings (SSSR count). The highest BCUT2D eigenvalue weighted by atomic mass is 16.5. The van der Waals surface area contributed by atoms with E-state index in [1.165, 1.54) is 7.11 Å². The number of carbonyl (C=O) groups is 1. The van der Waals surface area contributed by atoms with E-state index in [0.717, 1.165) is 22.6 Å². The Kier molecular flexibility index (Phi) is 5.43. The molecule has 0 aliphatic heterocycles. The molecule has 0 amide bonds. The van der Waals surface area contributed by atoms with Crippen LogP contribution in [-0.4, -0.2) is 35.2 Å². The van der Waals surface area contributed by atoms with Crippen molar-refractivity contribution in [1.82, 2.24) is 15.0 Å². The molecular weight excluding hydrogens is 330 g/mol. The molecule has 1 aromatic heterocycles. The third-order valence-electron chi connectivity index (χ3n) is 3.82. The highest BCUT2D eigenvalue weighted by Gasteiger charge is 2.13. The Balaban J connectivity index is 1.86. The lowest BCUT2D eigenvalue weighted by atomic mass is 10.1. The number of aromatic nitrogens is 3. The molecule has 0 aliphatic rings. The predicted octanol–water partition coefficient (Wildman–Crippen LogP) is 3.21. The van der Waals surface area contributed by atoms with Gasteiger partial charge in [-0.25, -0.2) is 9.48 Å².